The molecule has 284 valence electrons. The zero-order valence-corrected chi connectivity index (χ0v) is 32.6. The molecular formula is C43H53N7O3S. The third-order valence-electron chi connectivity index (χ3n) is 10.4. The van der Waals surface area contributed by atoms with Gasteiger partial charge in [-0.1, -0.05) is 56.9 Å². The van der Waals surface area contributed by atoms with E-state index in [0.29, 0.717) is 42.4 Å². The molecule has 0 radical (unpaired) electrons. The summed E-state index contributed by atoms with van der Waals surface area (Å²) in [6.07, 6.45) is 9.10. The van der Waals surface area contributed by atoms with Crippen LogP contribution >= 0.6 is 11.3 Å². The van der Waals surface area contributed by atoms with Gasteiger partial charge in [0.25, 0.3) is 11.8 Å². The number of nitrogens with one attached hydrogen (secondary N) is 4. The highest BCUT2D eigenvalue weighted by Gasteiger charge is 2.21. The number of hydrogen-bond acceptors (Lipinski definition) is 7. The molecule has 0 bridgehead atoms. The summed E-state index contributed by atoms with van der Waals surface area (Å²) in [6.45, 7) is 9.59. The van der Waals surface area contributed by atoms with Crippen molar-refractivity contribution in [3.05, 3.63) is 100 Å². The molecule has 11 heteroatoms. The van der Waals surface area contributed by atoms with Crippen LogP contribution in [-0.4, -0.2) is 63.2 Å². The number of likely N-dealkylation sites (tertiary alicyclic amines) is 1. The maximum absolute atomic E-state index is 13.0. The Hall–Kier alpha value is -4.87. The first-order valence-electron chi connectivity index (χ1n) is 19.4. The Morgan fingerprint density at radius 2 is 1.57 bits per heavy atom. The summed E-state index contributed by atoms with van der Waals surface area (Å²) < 4.78 is 0. The Morgan fingerprint density at radius 3 is 2.24 bits per heavy atom. The van der Waals surface area contributed by atoms with Gasteiger partial charge >= 0.3 is 0 Å². The second-order valence-corrected chi connectivity index (χ2v) is 15.5. The summed E-state index contributed by atoms with van der Waals surface area (Å²) in [5, 5.41) is 9.03. The number of imidazole rings is 1. The Morgan fingerprint density at radius 1 is 0.889 bits per heavy atom. The Kier molecular flexibility index (Phi) is 13.6. The number of rotatable bonds is 18. The third-order valence-corrected chi connectivity index (χ3v) is 11.4. The number of amides is 3. The first-order valence-corrected chi connectivity index (χ1v) is 20.3. The maximum atomic E-state index is 13.0. The van der Waals surface area contributed by atoms with Gasteiger partial charge < -0.3 is 20.9 Å². The van der Waals surface area contributed by atoms with Gasteiger partial charge in [0.15, 0.2) is 0 Å². The molecule has 0 aliphatic carbocycles. The van der Waals surface area contributed by atoms with Crippen LogP contribution in [0.3, 0.4) is 0 Å². The lowest BCUT2D eigenvalue weighted by atomic mass is 9.96. The van der Waals surface area contributed by atoms with Crippen molar-refractivity contribution in [1.29, 1.82) is 0 Å². The number of hydrogen-bond donors (Lipinski definition) is 4. The molecule has 1 saturated heterocycles. The molecule has 2 atom stereocenters. The van der Waals surface area contributed by atoms with Gasteiger partial charge in [-0.3, -0.25) is 19.3 Å². The standard InChI is InChI=1S/C43H53N7O3S/c1-29(32-12-14-33(15-13-32)41-31(3)46-28-54-41)25-40(51)44-22-8-6-4-5-7-9-23-45-42(52)34-16-18-35(19-17-34)43(53)47-36-20-21-37-38(26-36)49-39(48-37)27-50-24-10-11-30(50)2/h12-21,26,28-30H,4-11,22-25,27H2,1-3H3,(H,44,51)(H,45,52)(H,47,53)(H,48,49)/t29-,30-/m0/s1. The molecule has 3 amide bonds. The van der Waals surface area contributed by atoms with Crippen molar-refractivity contribution in [3.8, 4) is 10.4 Å². The molecule has 5 aromatic rings. The van der Waals surface area contributed by atoms with E-state index in [9.17, 15) is 14.4 Å². The highest BCUT2D eigenvalue weighted by Crippen LogP contribution is 2.29. The molecule has 0 saturated carbocycles. The number of thiazole rings is 1. The molecule has 4 N–H and O–H groups in total. The van der Waals surface area contributed by atoms with Gasteiger partial charge in [0, 0.05) is 42.4 Å². The number of aromatic nitrogens is 3. The minimum atomic E-state index is -0.236. The molecule has 54 heavy (non-hydrogen) atoms. The fourth-order valence-corrected chi connectivity index (χ4v) is 7.92. The number of H-pyrrole nitrogens is 1. The average molecular weight is 748 g/mol. The SMILES string of the molecule is Cc1ncsc1-c1ccc([C@@H](C)CC(=O)NCCCCCCCCNC(=O)c2ccc(C(=O)Nc3ccc4[nH]c(CN5CCC[C@@H]5C)nc4c3)cc2)cc1. The van der Waals surface area contributed by atoms with Crippen LogP contribution in [0.5, 0.6) is 0 Å². The summed E-state index contributed by atoms with van der Waals surface area (Å²) in [6, 6.07) is 21.5. The van der Waals surface area contributed by atoms with Crippen LogP contribution in [0.25, 0.3) is 21.5 Å². The van der Waals surface area contributed by atoms with Crippen LogP contribution in [0.1, 0.15) is 115 Å². The number of nitrogens with zero attached hydrogens (tertiary/aromatic N) is 3. The van der Waals surface area contributed by atoms with E-state index >= 15 is 0 Å². The molecule has 1 aliphatic heterocycles. The molecule has 1 aliphatic rings. The summed E-state index contributed by atoms with van der Waals surface area (Å²) in [7, 11) is 0. The van der Waals surface area contributed by atoms with Gasteiger partial charge in [0.05, 0.1) is 33.7 Å². The van der Waals surface area contributed by atoms with E-state index in [1.165, 1.54) is 28.8 Å². The normalized spacial score (nSPS) is 15.0. The van der Waals surface area contributed by atoms with E-state index in [2.05, 4.69) is 68.9 Å². The van der Waals surface area contributed by atoms with Crippen LogP contribution < -0.4 is 16.0 Å². The molecule has 2 aromatic heterocycles. The summed E-state index contributed by atoms with van der Waals surface area (Å²) >= 11 is 1.65. The lowest BCUT2D eigenvalue weighted by molar-refractivity contribution is -0.121. The molecule has 6 rings (SSSR count). The molecule has 0 unspecified atom stereocenters. The summed E-state index contributed by atoms with van der Waals surface area (Å²) in [5.41, 5.74) is 8.71. The topological polar surface area (TPSA) is 132 Å². The van der Waals surface area contributed by atoms with Gasteiger partial charge in [-0.05, 0) is 106 Å². The van der Waals surface area contributed by atoms with Crippen LogP contribution in [0.2, 0.25) is 0 Å². The third kappa shape index (κ3) is 10.6. The van der Waals surface area contributed by atoms with Crippen molar-refractivity contribution in [1.82, 2.24) is 30.5 Å². The average Bonchev–Trinajstić information content (AvgIpc) is 3.91. The smallest absolute Gasteiger partial charge is 0.255 e. The molecule has 3 aromatic carbocycles. The van der Waals surface area contributed by atoms with Crippen molar-refractivity contribution >= 4 is 45.8 Å². The fraction of sp³-hybridized carbons (Fsp3) is 0.419. The Balaban J connectivity index is 0.807. The number of carbonyl (C=O) groups excluding carboxylic acids is 3. The first-order chi connectivity index (χ1) is 26.2. The number of aryl methyl sites for hydroxylation is 1. The molecule has 10 nitrogen and oxygen atoms in total. The zero-order valence-electron chi connectivity index (χ0n) is 31.7. The number of unbranched alkanes of at least 4 members (excludes halogenated alkanes) is 5. The fourth-order valence-electron chi connectivity index (χ4n) is 7.11. The highest BCUT2D eigenvalue weighted by atomic mass is 32.1. The summed E-state index contributed by atoms with van der Waals surface area (Å²) in [5.74, 6) is 0.815. The number of fused-ring (bicyclic) bond motifs is 1. The Labute approximate surface area is 322 Å². The number of aromatic amines is 1. The monoisotopic (exact) mass is 747 g/mol. The molecule has 3 heterocycles. The van der Waals surface area contributed by atoms with E-state index in [-0.39, 0.29) is 23.6 Å². The van der Waals surface area contributed by atoms with Crippen molar-refractivity contribution in [2.45, 2.75) is 97.1 Å². The van der Waals surface area contributed by atoms with Gasteiger partial charge in [-0.2, -0.15) is 0 Å². The van der Waals surface area contributed by atoms with E-state index in [1.807, 2.05) is 30.6 Å². The predicted molar refractivity (Wildman–Crippen MR) is 218 cm³/mol. The maximum Gasteiger partial charge on any atom is 0.255 e. The molecular weight excluding hydrogens is 695 g/mol. The van der Waals surface area contributed by atoms with Crippen LogP contribution in [0.15, 0.2) is 72.2 Å². The van der Waals surface area contributed by atoms with E-state index in [0.717, 1.165) is 74.2 Å². The van der Waals surface area contributed by atoms with E-state index in [4.69, 9.17) is 4.98 Å². The van der Waals surface area contributed by atoms with Gasteiger partial charge in [0.2, 0.25) is 5.91 Å². The number of carbonyl (C=O) groups is 3. The minimum Gasteiger partial charge on any atom is -0.356 e. The van der Waals surface area contributed by atoms with Gasteiger partial charge in [-0.15, -0.1) is 11.3 Å². The summed E-state index contributed by atoms with van der Waals surface area (Å²) in [4.78, 5) is 54.3. The number of benzene rings is 3. The minimum absolute atomic E-state index is 0.0955. The molecule has 1 fully saturated rings. The molecule has 0 spiro atoms. The van der Waals surface area contributed by atoms with E-state index < -0.39 is 0 Å². The van der Waals surface area contributed by atoms with Crippen molar-refractivity contribution in [3.63, 3.8) is 0 Å². The lowest BCUT2D eigenvalue weighted by Gasteiger charge is -2.19. The van der Waals surface area contributed by atoms with Gasteiger partial charge in [0.1, 0.15) is 5.82 Å². The predicted octanol–water partition coefficient (Wildman–Crippen LogP) is 8.61. The van der Waals surface area contributed by atoms with Crippen molar-refractivity contribution in [2.75, 3.05) is 25.0 Å². The van der Waals surface area contributed by atoms with Crippen LogP contribution in [0, 0.1) is 6.92 Å². The van der Waals surface area contributed by atoms with Gasteiger partial charge in [-0.25, -0.2) is 9.97 Å². The second-order valence-electron chi connectivity index (χ2n) is 14.6. The van der Waals surface area contributed by atoms with E-state index in [1.54, 1.807) is 35.6 Å². The Bertz CT molecular complexity index is 2000. The van der Waals surface area contributed by atoms with Crippen molar-refractivity contribution < 1.29 is 14.4 Å². The second kappa shape index (κ2) is 18.9. The highest BCUT2D eigenvalue weighted by molar-refractivity contribution is 7.13. The number of anilines is 1. The lowest BCUT2D eigenvalue weighted by Crippen LogP contribution is -2.26. The quantitative estimate of drug-likeness (QED) is 0.0664. The van der Waals surface area contributed by atoms with Crippen molar-refractivity contribution in [2.24, 2.45) is 0 Å². The first kappa shape index (κ1) is 38.8. The van der Waals surface area contributed by atoms with Crippen LogP contribution in [0.4, 0.5) is 5.69 Å². The zero-order chi connectivity index (χ0) is 37.9. The largest absolute Gasteiger partial charge is 0.356 e. The van der Waals surface area contributed by atoms with Crippen LogP contribution in [-0.2, 0) is 11.3 Å².